The normalized spacial score (nSPS) is 12.0. The van der Waals surface area contributed by atoms with Gasteiger partial charge in [0.05, 0.1) is 7.11 Å². The van der Waals surface area contributed by atoms with Crippen LogP contribution in [-0.4, -0.2) is 19.1 Å². The first-order valence-electron chi connectivity index (χ1n) is 5.02. The molecular formula is C11H15ClN2O3. The lowest BCUT2D eigenvalue weighted by molar-refractivity contribution is -0.124. The van der Waals surface area contributed by atoms with E-state index in [0.29, 0.717) is 22.1 Å². The summed E-state index contributed by atoms with van der Waals surface area (Å²) in [7, 11) is 1.48. The largest absolute Gasteiger partial charge is 0.493 e. The van der Waals surface area contributed by atoms with Crippen LogP contribution in [0.25, 0.3) is 0 Å². The molecule has 0 aliphatic heterocycles. The second-order valence-electron chi connectivity index (χ2n) is 3.46. The number of halogens is 1. The molecule has 5 nitrogen and oxygen atoms in total. The van der Waals surface area contributed by atoms with Crippen molar-refractivity contribution >= 4 is 17.5 Å². The van der Waals surface area contributed by atoms with E-state index in [1.54, 1.807) is 19.1 Å². The maximum atomic E-state index is 11.0. The molecule has 1 amide bonds. The number of benzene rings is 1. The highest BCUT2D eigenvalue weighted by Crippen LogP contribution is 2.35. The van der Waals surface area contributed by atoms with Crippen molar-refractivity contribution in [3.8, 4) is 11.5 Å². The molecule has 1 rings (SSSR count). The van der Waals surface area contributed by atoms with E-state index in [9.17, 15) is 4.79 Å². The lowest BCUT2D eigenvalue weighted by Crippen LogP contribution is -2.31. The van der Waals surface area contributed by atoms with Crippen LogP contribution in [0.15, 0.2) is 12.1 Å². The molecule has 94 valence electrons. The molecule has 0 spiro atoms. The summed E-state index contributed by atoms with van der Waals surface area (Å²) < 4.78 is 10.6. The molecule has 1 atom stereocenters. The highest BCUT2D eigenvalue weighted by molar-refractivity contribution is 6.30. The van der Waals surface area contributed by atoms with Gasteiger partial charge in [-0.25, -0.2) is 0 Å². The molecule has 6 heteroatoms. The molecule has 0 radical (unpaired) electrons. The average molecular weight is 259 g/mol. The molecule has 1 unspecified atom stereocenters. The van der Waals surface area contributed by atoms with Gasteiger partial charge < -0.3 is 20.9 Å². The molecule has 0 saturated heterocycles. The predicted molar refractivity (Wildman–Crippen MR) is 65.2 cm³/mol. The molecule has 0 aliphatic carbocycles. The predicted octanol–water partition coefficient (Wildman–Crippen LogP) is 1.06. The van der Waals surface area contributed by atoms with E-state index < -0.39 is 12.0 Å². The van der Waals surface area contributed by atoms with Crippen molar-refractivity contribution in [2.24, 2.45) is 11.5 Å². The summed E-state index contributed by atoms with van der Waals surface area (Å²) >= 11 is 5.90. The molecule has 0 heterocycles. The number of amides is 1. The van der Waals surface area contributed by atoms with Crippen LogP contribution in [0.1, 0.15) is 12.5 Å². The van der Waals surface area contributed by atoms with E-state index >= 15 is 0 Å². The molecule has 4 N–H and O–H groups in total. The fourth-order valence-electron chi connectivity index (χ4n) is 1.29. The molecule has 0 aliphatic rings. The van der Waals surface area contributed by atoms with Gasteiger partial charge in [-0.2, -0.15) is 0 Å². The minimum Gasteiger partial charge on any atom is -0.493 e. The molecule has 1 aromatic rings. The van der Waals surface area contributed by atoms with Crippen LogP contribution in [0.4, 0.5) is 0 Å². The van der Waals surface area contributed by atoms with Crippen LogP contribution in [0.3, 0.4) is 0 Å². The zero-order chi connectivity index (χ0) is 13.0. The third-order valence-electron chi connectivity index (χ3n) is 2.23. The summed E-state index contributed by atoms with van der Waals surface area (Å²) in [6.45, 7) is 1.77. The SMILES string of the molecule is COc1cc(Cl)cc(CN)c1OC(C)C(N)=O. The fourth-order valence-corrected chi connectivity index (χ4v) is 1.53. The standard InChI is InChI=1S/C11H15ClN2O3/c1-6(11(14)15)17-10-7(5-13)3-8(12)4-9(10)16-2/h3-4,6H,5,13H2,1-2H3,(H2,14,15). The lowest BCUT2D eigenvalue weighted by atomic mass is 10.2. The number of carbonyl (C=O) groups is 1. The summed E-state index contributed by atoms with van der Waals surface area (Å²) in [5, 5.41) is 0.487. The fraction of sp³-hybridized carbons (Fsp3) is 0.364. The lowest BCUT2D eigenvalue weighted by Gasteiger charge is -2.17. The second-order valence-corrected chi connectivity index (χ2v) is 3.90. The number of hydrogen-bond donors (Lipinski definition) is 2. The Morgan fingerprint density at radius 1 is 1.53 bits per heavy atom. The first-order valence-corrected chi connectivity index (χ1v) is 5.39. The zero-order valence-corrected chi connectivity index (χ0v) is 10.5. The van der Waals surface area contributed by atoms with Crippen LogP contribution in [0.2, 0.25) is 5.02 Å². The van der Waals surface area contributed by atoms with Crippen molar-refractivity contribution in [2.75, 3.05) is 7.11 Å². The van der Waals surface area contributed by atoms with Crippen molar-refractivity contribution in [2.45, 2.75) is 19.6 Å². The summed E-state index contributed by atoms with van der Waals surface area (Å²) in [4.78, 5) is 11.0. The summed E-state index contributed by atoms with van der Waals surface area (Å²) in [5.74, 6) is 0.252. The molecule has 1 aromatic carbocycles. The third-order valence-corrected chi connectivity index (χ3v) is 2.45. The van der Waals surface area contributed by atoms with Crippen molar-refractivity contribution in [3.05, 3.63) is 22.7 Å². The first kappa shape index (κ1) is 13.6. The molecule has 0 saturated carbocycles. The first-order chi connectivity index (χ1) is 7.99. The van der Waals surface area contributed by atoms with Gasteiger partial charge in [0.25, 0.3) is 5.91 Å². The number of ether oxygens (including phenoxy) is 2. The number of primary amides is 1. The number of rotatable bonds is 5. The highest BCUT2D eigenvalue weighted by atomic mass is 35.5. The molecule has 0 bridgehead atoms. The van der Waals surface area contributed by atoms with Gasteiger partial charge >= 0.3 is 0 Å². The number of nitrogens with two attached hydrogens (primary N) is 2. The Labute approximate surface area is 105 Å². The van der Waals surface area contributed by atoms with E-state index in [0.717, 1.165) is 0 Å². The van der Waals surface area contributed by atoms with Crippen LogP contribution in [0.5, 0.6) is 11.5 Å². The monoisotopic (exact) mass is 258 g/mol. The molecule has 17 heavy (non-hydrogen) atoms. The molecule has 0 fully saturated rings. The Morgan fingerprint density at radius 2 is 2.18 bits per heavy atom. The van der Waals surface area contributed by atoms with E-state index in [-0.39, 0.29) is 6.54 Å². The van der Waals surface area contributed by atoms with Gasteiger partial charge in [0.2, 0.25) is 0 Å². The quantitative estimate of drug-likeness (QED) is 0.827. The Morgan fingerprint density at radius 3 is 2.65 bits per heavy atom. The second kappa shape index (κ2) is 5.75. The van der Waals surface area contributed by atoms with Gasteiger partial charge in [0.1, 0.15) is 0 Å². The van der Waals surface area contributed by atoms with Crippen LogP contribution >= 0.6 is 11.6 Å². The van der Waals surface area contributed by atoms with Gasteiger partial charge in [-0.15, -0.1) is 0 Å². The van der Waals surface area contributed by atoms with Gasteiger partial charge in [-0.05, 0) is 13.0 Å². The molecule has 0 aromatic heterocycles. The topological polar surface area (TPSA) is 87.6 Å². The Bertz CT molecular complexity index is 398. The van der Waals surface area contributed by atoms with Crippen LogP contribution < -0.4 is 20.9 Å². The van der Waals surface area contributed by atoms with Crippen LogP contribution in [0, 0.1) is 0 Å². The molecular weight excluding hydrogens is 244 g/mol. The Kier molecular flexibility index (Phi) is 4.60. The number of carbonyl (C=O) groups excluding carboxylic acids is 1. The summed E-state index contributed by atoms with van der Waals surface area (Å²) in [5.41, 5.74) is 11.4. The van der Waals surface area contributed by atoms with E-state index in [1.165, 1.54) is 7.11 Å². The van der Waals surface area contributed by atoms with Gasteiger partial charge in [-0.1, -0.05) is 11.6 Å². The maximum absolute atomic E-state index is 11.0. The maximum Gasteiger partial charge on any atom is 0.258 e. The zero-order valence-electron chi connectivity index (χ0n) is 9.70. The van der Waals surface area contributed by atoms with Gasteiger partial charge in [0, 0.05) is 23.2 Å². The minimum atomic E-state index is -0.768. The van der Waals surface area contributed by atoms with Crippen molar-refractivity contribution < 1.29 is 14.3 Å². The van der Waals surface area contributed by atoms with E-state index in [4.69, 9.17) is 32.5 Å². The van der Waals surface area contributed by atoms with Gasteiger partial charge in [0.15, 0.2) is 17.6 Å². The van der Waals surface area contributed by atoms with Crippen molar-refractivity contribution in [3.63, 3.8) is 0 Å². The van der Waals surface area contributed by atoms with E-state index in [1.807, 2.05) is 0 Å². The van der Waals surface area contributed by atoms with Crippen molar-refractivity contribution in [1.82, 2.24) is 0 Å². The third kappa shape index (κ3) is 3.25. The minimum absolute atomic E-state index is 0.220. The number of methoxy groups -OCH3 is 1. The summed E-state index contributed by atoms with van der Waals surface area (Å²) in [6, 6.07) is 3.25. The van der Waals surface area contributed by atoms with Gasteiger partial charge in [-0.3, -0.25) is 4.79 Å². The summed E-state index contributed by atoms with van der Waals surface area (Å²) in [6.07, 6.45) is -0.768. The smallest absolute Gasteiger partial charge is 0.258 e. The Hall–Kier alpha value is -1.46. The number of hydrogen-bond acceptors (Lipinski definition) is 4. The Balaban J connectivity index is 3.15. The average Bonchev–Trinajstić information content (AvgIpc) is 2.30. The van der Waals surface area contributed by atoms with Crippen LogP contribution in [-0.2, 0) is 11.3 Å². The highest BCUT2D eigenvalue weighted by Gasteiger charge is 2.17. The van der Waals surface area contributed by atoms with E-state index in [2.05, 4.69) is 0 Å². The van der Waals surface area contributed by atoms with Crippen molar-refractivity contribution in [1.29, 1.82) is 0 Å².